The number of rotatable bonds is 10. The van der Waals surface area contributed by atoms with Crippen molar-refractivity contribution in [2.45, 2.75) is 6.92 Å². The molecule has 0 unspecified atom stereocenters. The second kappa shape index (κ2) is 16.6. The minimum atomic E-state index is 0.918. The molecule has 0 bridgehead atoms. The Balaban J connectivity index is 1.11. The molecule has 5 heterocycles. The molecule has 5 aromatic carbocycles. The van der Waals surface area contributed by atoms with E-state index in [0.717, 1.165) is 105 Å². The van der Waals surface area contributed by atoms with E-state index in [-0.39, 0.29) is 0 Å². The number of hydrogen-bond donors (Lipinski definition) is 0. The van der Waals surface area contributed by atoms with Crippen molar-refractivity contribution in [3.05, 3.63) is 201 Å². The van der Waals surface area contributed by atoms with Crippen molar-refractivity contribution in [1.29, 1.82) is 0 Å². The Hall–Kier alpha value is -8.49. The first-order valence-electron chi connectivity index (χ1n) is 20.2. The molecular weight excluding hydrogens is 761 g/mol. The quantitative estimate of drug-likeness (QED) is 0.101. The lowest BCUT2D eigenvalue weighted by molar-refractivity contribution is 1.17. The van der Waals surface area contributed by atoms with E-state index in [1.54, 1.807) is 6.20 Å². The van der Waals surface area contributed by atoms with Crippen LogP contribution in [0.5, 0.6) is 0 Å². The molecule has 0 amide bonds. The normalized spacial score (nSPS) is 11.7. The van der Waals surface area contributed by atoms with Crippen molar-refractivity contribution in [2.75, 3.05) is 0 Å². The molecule has 0 radical (unpaired) electrons. The Morgan fingerprint density at radius 2 is 1.02 bits per heavy atom. The Labute approximate surface area is 359 Å². The highest BCUT2D eigenvalue weighted by Crippen LogP contribution is 2.39. The molecule has 0 spiro atoms. The van der Waals surface area contributed by atoms with Crippen LogP contribution < -0.4 is 0 Å². The molecule has 8 nitrogen and oxygen atoms in total. The van der Waals surface area contributed by atoms with Gasteiger partial charge in [0, 0.05) is 94.5 Å². The monoisotopic (exact) mass is 798 g/mol. The van der Waals surface area contributed by atoms with E-state index in [9.17, 15) is 0 Å². The van der Waals surface area contributed by atoms with Crippen LogP contribution >= 0.6 is 0 Å². The number of allylic oxidation sites excluding steroid dienone is 1. The minimum Gasteiger partial charge on any atom is -0.309 e. The number of fused-ring (bicyclic) bond motifs is 3. The molecule has 0 aliphatic carbocycles. The van der Waals surface area contributed by atoms with Gasteiger partial charge >= 0.3 is 0 Å². The SMILES string of the molecule is C=N/C=N\C=C(/C)c1cncc(-c2cccc(-c3cc(-c4cccc(-c5cncc(-c6cncnc6)c5)c4)cc(-c4ccc5c(c4)c4cnccc4n5-c4ccccc4)c3)c2)c1. The summed E-state index contributed by atoms with van der Waals surface area (Å²) in [6.45, 7) is 5.49. The van der Waals surface area contributed by atoms with Crippen molar-refractivity contribution in [2.24, 2.45) is 9.98 Å². The lowest BCUT2D eigenvalue weighted by Crippen LogP contribution is -1.93. The van der Waals surface area contributed by atoms with Crippen LogP contribution in [-0.2, 0) is 0 Å². The molecule has 5 aromatic heterocycles. The number of pyridine rings is 3. The largest absolute Gasteiger partial charge is 0.309 e. The fourth-order valence-corrected chi connectivity index (χ4v) is 8.07. The van der Waals surface area contributed by atoms with Crippen LogP contribution in [0.2, 0.25) is 0 Å². The van der Waals surface area contributed by atoms with E-state index in [1.807, 2.05) is 62.6 Å². The smallest absolute Gasteiger partial charge is 0.115 e. The van der Waals surface area contributed by atoms with Crippen LogP contribution in [0.15, 0.2) is 206 Å². The van der Waals surface area contributed by atoms with Crippen molar-refractivity contribution in [1.82, 2.24) is 29.5 Å². The topological polar surface area (TPSA) is 94.1 Å². The van der Waals surface area contributed by atoms with Crippen LogP contribution in [-0.4, -0.2) is 42.5 Å². The van der Waals surface area contributed by atoms with Gasteiger partial charge in [-0.1, -0.05) is 60.7 Å². The molecule has 0 aliphatic rings. The average molecular weight is 799 g/mol. The van der Waals surface area contributed by atoms with Crippen molar-refractivity contribution < 1.29 is 0 Å². The standard InChI is InChI=1S/C54H38N8/c1-36(26-59-34-55-2)45-23-46(28-57-27-45)39-10-6-8-37(18-39)42-20-43(38-9-7-11-40(19-38)47-24-48(30-58-29-47)49-31-60-35-61-32-49)22-44(21-42)41-14-15-53-51(25-41)52-33-56-17-16-54(52)62(53)50-12-4-3-5-13-50/h3-35H,2H2,1H3/b36-26+,59-34-. The summed E-state index contributed by atoms with van der Waals surface area (Å²) in [6, 6.07) is 47.9. The van der Waals surface area contributed by atoms with Crippen molar-refractivity contribution in [3.8, 4) is 72.4 Å². The van der Waals surface area contributed by atoms with Crippen LogP contribution in [0.4, 0.5) is 0 Å². The molecule has 0 fully saturated rings. The van der Waals surface area contributed by atoms with Crippen molar-refractivity contribution >= 4 is 40.4 Å². The van der Waals surface area contributed by atoms with E-state index in [2.05, 4.69) is 174 Å². The molecular formula is C54H38N8. The first-order valence-corrected chi connectivity index (χ1v) is 20.2. The molecule has 0 atom stereocenters. The highest BCUT2D eigenvalue weighted by molar-refractivity contribution is 6.10. The molecule has 294 valence electrons. The summed E-state index contributed by atoms with van der Waals surface area (Å²) < 4.78 is 2.32. The second-order valence-electron chi connectivity index (χ2n) is 15.1. The predicted molar refractivity (Wildman–Crippen MR) is 254 cm³/mol. The van der Waals surface area contributed by atoms with Gasteiger partial charge in [-0.3, -0.25) is 19.9 Å². The summed E-state index contributed by atoms with van der Waals surface area (Å²) in [7, 11) is 0. The maximum absolute atomic E-state index is 4.60. The van der Waals surface area contributed by atoms with E-state index in [1.165, 1.54) is 12.7 Å². The first-order chi connectivity index (χ1) is 30.6. The van der Waals surface area contributed by atoms with Crippen LogP contribution in [0.25, 0.3) is 99.8 Å². The van der Waals surface area contributed by atoms with E-state index < -0.39 is 0 Å². The second-order valence-corrected chi connectivity index (χ2v) is 15.1. The number of benzene rings is 5. The van der Waals surface area contributed by atoms with Gasteiger partial charge in [0.05, 0.1) is 11.0 Å². The van der Waals surface area contributed by atoms with E-state index >= 15 is 0 Å². The molecule has 8 heteroatoms. The van der Waals surface area contributed by atoms with Gasteiger partial charge in [0.15, 0.2) is 0 Å². The Kier molecular flexibility index (Phi) is 10.1. The zero-order chi connectivity index (χ0) is 41.8. The molecule has 0 saturated heterocycles. The van der Waals surface area contributed by atoms with Gasteiger partial charge in [-0.05, 0) is 142 Å². The number of nitrogens with zero attached hydrogens (tertiary/aromatic N) is 8. The molecule has 0 N–H and O–H groups in total. The third kappa shape index (κ3) is 7.48. The summed E-state index contributed by atoms with van der Waals surface area (Å²) in [5, 5.41) is 2.25. The maximum Gasteiger partial charge on any atom is 0.115 e. The van der Waals surface area contributed by atoms with Gasteiger partial charge in [0.1, 0.15) is 12.7 Å². The zero-order valence-electron chi connectivity index (χ0n) is 33.8. The fraction of sp³-hybridized carbons (Fsp3) is 0.0185. The van der Waals surface area contributed by atoms with Crippen LogP contribution in [0, 0.1) is 0 Å². The molecule has 0 aliphatic heterocycles. The van der Waals surface area contributed by atoms with Gasteiger partial charge in [0.2, 0.25) is 0 Å². The Morgan fingerprint density at radius 1 is 0.468 bits per heavy atom. The lowest BCUT2D eigenvalue weighted by Gasteiger charge is -2.14. The van der Waals surface area contributed by atoms with E-state index in [4.69, 9.17) is 0 Å². The van der Waals surface area contributed by atoms with Gasteiger partial charge in [0.25, 0.3) is 0 Å². The van der Waals surface area contributed by atoms with E-state index in [0.29, 0.717) is 0 Å². The van der Waals surface area contributed by atoms with Gasteiger partial charge in [-0.2, -0.15) is 0 Å². The van der Waals surface area contributed by atoms with Gasteiger partial charge in [-0.25, -0.2) is 15.0 Å². The highest BCUT2D eigenvalue weighted by atomic mass is 15.0. The fourth-order valence-electron chi connectivity index (χ4n) is 8.07. The predicted octanol–water partition coefficient (Wildman–Crippen LogP) is 12.9. The number of aliphatic imine (C=N–C) groups is 2. The summed E-state index contributed by atoms with van der Waals surface area (Å²) in [6.07, 6.45) is 19.7. The minimum absolute atomic E-state index is 0.918. The summed E-state index contributed by atoms with van der Waals surface area (Å²) in [5.74, 6) is 0. The zero-order valence-corrected chi connectivity index (χ0v) is 33.8. The maximum atomic E-state index is 4.60. The van der Waals surface area contributed by atoms with Crippen LogP contribution in [0.1, 0.15) is 12.5 Å². The number of hydrogen-bond acceptors (Lipinski definition) is 6. The molecule has 0 saturated carbocycles. The third-order valence-electron chi connectivity index (χ3n) is 11.1. The van der Waals surface area contributed by atoms with Crippen molar-refractivity contribution in [3.63, 3.8) is 0 Å². The summed E-state index contributed by atoms with van der Waals surface area (Å²) in [5.41, 5.74) is 17.9. The molecule has 10 rings (SSSR count). The average Bonchev–Trinajstić information content (AvgIpc) is 3.68. The Morgan fingerprint density at radius 3 is 1.69 bits per heavy atom. The summed E-state index contributed by atoms with van der Waals surface area (Å²) in [4.78, 5) is 30.1. The third-order valence-corrected chi connectivity index (χ3v) is 11.1. The first kappa shape index (κ1) is 37.8. The summed E-state index contributed by atoms with van der Waals surface area (Å²) >= 11 is 0. The van der Waals surface area contributed by atoms with Gasteiger partial charge in [-0.15, -0.1) is 0 Å². The lowest BCUT2D eigenvalue weighted by atomic mass is 9.91. The highest BCUT2D eigenvalue weighted by Gasteiger charge is 2.16. The van der Waals surface area contributed by atoms with Gasteiger partial charge < -0.3 is 4.57 Å². The Bertz CT molecular complexity index is 3330. The number of para-hydroxylation sites is 1. The van der Waals surface area contributed by atoms with Crippen LogP contribution in [0.3, 0.4) is 0 Å². The number of aromatic nitrogens is 6. The molecule has 62 heavy (non-hydrogen) atoms. The molecule has 10 aromatic rings.